The van der Waals surface area contributed by atoms with Gasteiger partial charge in [0.25, 0.3) is 0 Å². The molecule has 1 aromatic carbocycles. The summed E-state index contributed by atoms with van der Waals surface area (Å²) in [6, 6.07) is 1.62. The summed E-state index contributed by atoms with van der Waals surface area (Å²) in [4.78, 5) is 0. The van der Waals surface area contributed by atoms with Crippen LogP contribution >= 0.6 is 15.9 Å². The summed E-state index contributed by atoms with van der Waals surface area (Å²) in [6.07, 6.45) is 5.04. The zero-order valence-electron chi connectivity index (χ0n) is 10.9. The zero-order valence-corrected chi connectivity index (χ0v) is 12.5. The third kappa shape index (κ3) is 2.50. The van der Waals surface area contributed by atoms with E-state index in [1.54, 1.807) is 6.07 Å². The lowest BCUT2D eigenvalue weighted by molar-refractivity contribution is 0.280. The molecule has 19 heavy (non-hydrogen) atoms. The predicted molar refractivity (Wildman–Crippen MR) is 74.4 cm³/mol. The molecule has 0 radical (unpaired) electrons. The maximum Gasteiger partial charge on any atom is 0.202 e. The largest absolute Gasteiger partial charge is 0.493 e. The molecule has 0 saturated heterocycles. The smallest absolute Gasteiger partial charge is 0.202 e. The molecule has 0 aromatic heterocycles. The number of rotatable bonds is 3. The van der Waals surface area contributed by atoms with Crippen LogP contribution in [-0.2, 0) is 5.41 Å². The average Bonchev–Trinajstić information content (AvgIpc) is 2.45. The first-order valence-corrected chi connectivity index (χ1v) is 7.27. The molecule has 1 aliphatic carbocycles. The van der Waals surface area contributed by atoms with E-state index in [1.165, 1.54) is 7.11 Å². The number of hydrogen-bond acceptors (Lipinski definition) is 2. The monoisotopic (exact) mass is 333 g/mol. The van der Waals surface area contributed by atoms with E-state index in [-0.39, 0.29) is 15.6 Å². The highest BCUT2D eigenvalue weighted by atomic mass is 79.9. The predicted octanol–water partition coefficient (Wildman–Crippen LogP) is 3.90. The first-order valence-electron chi connectivity index (χ1n) is 6.48. The van der Waals surface area contributed by atoms with Crippen molar-refractivity contribution in [2.45, 2.75) is 37.5 Å². The van der Waals surface area contributed by atoms with Gasteiger partial charge in [-0.3, -0.25) is 0 Å². The molecule has 1 aromatic rings. The molecule has 0 bridgehead atoms. The fourth-order valence-corrected chi connectivity index (χ4v) is 3.39. The molecule has 1 aliphatic rings. The van der Waals surface area contributed by atoms with Gasteiger partial charge in [0.1, 0.15) is 0 Å². The van der Waals surface area contributed by atoms with E-state index in [0.717, 1.165) is 32.1 Å². The minimum Gasteiger partial charge on any atom is -0.493 e. The molecule has 0 amide bonds. The molecule has 0 atom stereocenters. The lowest BCUT2D eigenvalue weighted by Crippen LogP contribution is -2.37. The first-order chi connectivity index (χ1) is 9.05. The van der Waals surface area contributed by atoms with Gasteiger partial charge in [0, 0.05) is 17.5 Å². The fourth-order valence-electron chi connectivity index (χ4n) is 2.98. The maximum absolute atomic E-state index is 14.0. The van der Waals surface area contributed by atoms with Gasteiger partial charge in [-0.05, 0) is 34.8 Å². The van der Waals surface area contributed by atoms with E-state index >= 15 is 0 Å². The summed E-state index contributed by atoms with van der Waals surface area (Å²) in [5.41, 5.74) is 6.32. The summed E-state index contributed by atoms with van der Waals surface area (Å²) in [7, 11) is 1.36. The second-order valence-electron chi connectivity index (χ2n) is 5.11. The summed E-state index contributed by atoms with van der Waals surface area (Å²) < 4.78 is 32.9. The van der Waals surface area contributed by atoms with Crippen molar-refractivity contribution in [3.8, 4) is 5.75 Å². The Bertz CT molecular complexity index is 473. The lowest BCUT2D eigenvalue weighted by Gasteiger charge is -2.37. The van der Waals surface area contributed by atoms with Gasteiger partial charge < -0.3 is 10.5 Å². The Morgan fingerprint density at radius 3 is 2.42 bits per heavy atom. The van der Waals surface area contributed by atoms with Crippen molar-refractivity contribution in [2.24, 2.45) is 5.73 Å². The van der Waals surface area contributed by atoms with Gasteiger partial charge in [0.15, 0.2) is 11.6 Å². The third-order valence-electron chi connectivity index (χ3n) is 4.09. The molecule has 2 N–H and O–H groups in total. The molecule has 0 unspecified atom stereocenters. The van der Waals surface area contributed by atoms with Crippen LogP contribution in [0.5, 0.6) is 5.75 Å². The van der Waals surface area contributed by atoms with E-state index in [4.69, 9.17) is 10.5 Å². The zero-order chi connectivity index (χ0) is 14.0. The summed E-state index contributed by atoms with van der Waals surface area (Å²) in [5, 5.41) is 0. The lowest BCUT2D eigenvalue weighted by atomic mass is 9.69. The highest BCUT2D eigenvalue weighted by molar-refractivity contribution is 9.10. The second-order valence-corrected chi connectivity index (χ2v) is 5.97. The molecule has 2 rings (SSSR count). The molecule has 2 nitrogen and oxygen atoms in total. The van der Waals surface area contributed by atoms with E-state index in [9.17, 15) is 8.78 Å². The molecule has 0 heterocycles. The number of ether oxygens (including phenoxy) is 1. The van der Waals surface area contributed by atoms with E-state index in [2.05, 4.69) is 15.9 Å². The van der Waals surface area contributed by atoms with Gasteiger partial charge in [-0.1, -0.05) is 19.3 Å². The molecule has 106 valence electrons. The average molecular weight is 334 g/mol. The van der Waals surface area contributed by atoms with Crippen LogP contribution in [0, 0.1) is 11.6 Å². The Kier molecular flexibility index (Phi) is 4.46. The quantitative estimate of drug-likeness (QED) is 0.851. The van der Waals surface area contributed by atoms with Crippen LogP contribution in [-0.4, -0.2) is 13.7 Å². The SMILES string of the molecule is COc1c(C2(CN)CCCCC2)cc(Br)c(F)c1F. The van der Waals surface area contributed by atoms with Gasteiger partial charge >= 0.3 is 0 Å². The molecule has 0 spiro atoms. The first kappa shape index (κ1) is 14.7. The Morgan fingerprint density at radius 2 is 1.89 bits per heavy atom. The molecule has 1 fully saturated rings. The van der Waals surface area contributed by atoms with E-state index in [0.29, 0.717) is 12.1 Å². The van der Waals surface area contributed by atoms with Crippen molar-refractivity contribution in [3.05, 3.63) is 27.7 Å². The van der Waals surface area contributed by atoms with Crippen LogP contribution in [0.3, 0.4) is 0 Å². The minimum absolute atomic E-state index is 0.00644. The van der Waals surface area contributed by atoms with Crippen LogP contribution < -0.4 is 10.5 Å². The van der Waals surface area contributed by atoms with Crippen molar-refractivity contribution in [3.63, 3.8) is 0 Å². The van der Waals surface area contributed by atoms with Gasteiger partial charge in [0.05, 0.1) is 11.6 Å². The fraction of sp³-hybridized carbons (Fsp3) is 0.571. The molecule has 1 saturated carbocycles. The number of nitrogens with two attached hydrogens (primary N) is 1. The van der Waals surface area contributed by atoms with E-state index in [1.807, 2.05) is 0 Å². The van der Waals surface area contributed by atoms with Crippen molar-refractivity contribution in [1.82, 2.24) is 0 Å². The minimum atomic E-state index is -0.940. The highest BCUT2D eigenvalue weighted by Crippen LogP contribution is 2.45. The van der Waals surface area contributed by atoms with Crippen molar-refractivity contribution >= 4 is 15.9 Å². The van der Waals surface area contributed by atoms with Gasteiger partial charge in [0.2, 0.25) is 5.82 Å². The Balaban J connectivity index is 2.59. The maximum atomic E-state index is 14.0. The Labute approximate surface area is 120 Å². The summed E-state index contributed by atoms with van der Waals surface area (Å²) in [6.45, 7) is 0.418. The van der Waals surface area contributed by atoms with Gasteiger partial charge in [-0.25, -0.2) is 4.39 Å². The van der Waals surface area contributed by atoms with Crippen molar-refractivity contribution < 1.29 is 13.5 Å². The topological polar surface area (TPSA) is 35.2 Å². The number of hydrogen-bond donors (Lipinski definition) is 1. The van der Waals surface area contributed by atoms with Crippen molar-refractivity contribution in [1.29, 1.82) is 0 Å². The van der Waals surface area contributed by atoms with Crippen LogP contribution in [0.2, 0.25) is 0 Å². The van der Waals surface area contributed by atoms with Crippen LogP contribution in [0.15, 0.2) is 10.5 Å². The highest BCUT2D eigenvalue weighted by Gasteiger charge is 2.37. The van der Waals surface area contributed by atoms with Gasteiger partial charge in [-0.15, -0.1) is 0 Å². The van der Waals surface area contributed by atoms with Crippen molar-refractivity contribution in [2.75, 3.05) is 13.7 Å². The molecule has 5 heteroatoms. The van der Waals surface area contributed by atoms with E-state index < -0.39 is 11.6 Å². The molecule has 0 aliphatic heterocycles. The number of halogens is 3. The van der Waals surface area contributed by atoms with Crippen LogP contribution in [0.4, 0.5) is 8.78 Å². The van der Waals surface area contributed by atoms with Crippen LogP contribution in [0.25, 0.3) is 0 Å². The van der Waals surface area contributed by atoms with Gasteiger partial charge in [-0.2, -0.15) is 4.39 Å². The Morgan fingerprint density at radius 1 is 1.26 bits per heavy atom. The second kappa shape index (κ2) is 5.75. The number of methoxy groups -OCH3 is 1. The van der Waals surface area contributed by atoms with Crippen LogP contribution in [0.1, 0.15) is 37.7 Å². The third-order valence-corrected chi connectivity index (χ3v) is 4.67. The molecular weight excluding hydrogens is 316 g/mol. The summed E-state index contributed by atoms with van der Waals surface area (Å²) in [5.74, 6) is -1.86. The number of benzene rings is 1. The normalized spacial score (nSPS) is 18.4. The Hall–Kier alpha value is -0.680. The molecular formula is C14H18BrF2NO. The standard InChI is InChI=1S/C14H18BrF2NO/c1-19-13-9(7-10(15)11(16)12(13)17)14(8-18)5-3-2-4-6-14/h7H,2-6,8,18H2,1H3. The summed E-state index contributed by atoms with van der Waals surface area (Å²) >= 11 is 3.07.